The minimum Gasteiger partial charge on any atom is -0.497 e. The SMILES string of the molecule is CCNC(=O)C(C)N(Cc1ccccc1F)C(=O)CCCN(c1ccc(OC)cc1)S(C)(=O)=O. The van der Waals surface area contributed by atoms with E-state index in [-0.39, 0.29) is 37.7 Å². The lowest BCUT2D eigenvalue weighted by molar-refractivity contribution is -0.140. The highest BCUT2D eigenvalue weighted by atomic mass is 32.2. The maximum Gasteiger partial charge on any atom is 0.242 e. The van der Waals surface area contributed by atoms with Crippen LogP contribution in [0.3, 0.4) is 0 Å². The van der Waals surface area contributed by atoms with Gasteiger partial charge in [-0.2, -0.15) is 0 Å². The molecule has 0 fully saturated rings. The molecule has 2 aromatic rings. The predicted molar refractivity (Wildman–Crippen MR) is 130 cm³/mol. The highest BCUT2D eigenvalue weighted by Crippen LogP contribution is 2.22. The van der Waals surface area contributed by atoms with Crippen LogP contribution in [0.2, 0.25) is 0 Å². The van der Waals surface area contributed by atoms with Gasteiger partial charge in [0.05, 0.1) is 19.1 Å². The van der Waals surface area contributed by atoms with Gasteiger partial charge >= 0.3 is 0 Å². The van der Waals surface area contributed by atoms with Crippen LogP contribution in [-0.2, 0) is 26.2 Å². The van der Waals surface area contributed by atoms with Crippen molar-refractivity contribution < 1.29 is 27.1 Å². The summed E-state index contributed by atoms with van der Waals surface area (Å²) in [6.45, 7) is 3.75. The minimum atomic E-state index is -3.59. The molecule has 1 N–H and O–H groups in total. The molecule has 1 unspecified atom stereocenters. The molecular weight excluding hydrogens is 461 g/mol. The smallest absolute Gasteiger partial charge is 0.242 e. The van der Waals surface area contributed by atoms with Crippen LogP contribution in [0.25, 0.3) is 0 Å². The first kappa shape index (κ1) is 27.1. The van der Waals surface area contributed by atoms with Gasteiger partial charge in [0, 0.05) is 31.6 Å². The van der Waals surface area contributed by atoms with Crippen LogP contribution in [0, 0.1) is 5.82 Å². The van der Waals surface area contributed by atoms with E-state index in [0.29, 0.717) is 23.5 Å². The molecule has 2 aromatic carbocycles. The number of anilines is 1. The molecule has 186 valence electrons. The first-order chi connectivity index (χ1) is 16.1. The summed E-state index contributed by atoms with van der Waals surface area (Å²) in [6.07, 6.45) is 1.30. The first-order valence-electron chi connectivity index (χ1n) is 11.0. The van der Waals surface area contributed by atoms with Crippen molar-refractivity contribution in [1.29, 1.82) is 0 Å². The van der Waals surface area contributed by atoms with E-state index >= 15 is 0 Å². The molecule has 0 aromatic heterocycles. The molecule has 0 aliphatic rings. The molecular formula is C24H32FN3O5S. The number of carbonyl (C=O) groups excluding carboxylic acids is 2. The third kappa shape index (κ3) is 7.44. The van der Waals surface area contributed by atoms with Gasteiger partial charge < -0.3 is 15.0 Å². The maximum absolute atomic E-state index is 14.2. The lowest BCUT2D eigenvalue weighted by atomic mass is 10.1. The summed E-state index contributed by atoms with van der Waals surface area (Å²) in [6, 6.07) is 11.8. The van der Waals surface area contributed by atoms with Gasteiger partial charge in [-0.25, -0.2) is 12.8 Å². The molecule has 34 heavy (non-hydrogen) atoms. The van der Waals surface area contributed by atoms with Crippen LogP contribution in [0.1, 0.15) is 32.3 Å². The lowest BCUT2D eigenvalue weighted by Gasteiger charge is -2.29. The number of hydrogen-bond acceptors (Lipinski definition) is 5. The number of ether oxygens (including phenoxy) is 1. The zero-order valence-corrected chi connectivity index (χ0v) is 20.8. The van der Waals surface area contributed by atoms with E-state index in [4.69, 9.17) is 4.74 Å². The third-order valence-electron chi connectivity index (χ3n) is 5.33. The number of carbonyl (C=O) groups is 2. The fourth-order valence-corrected chi connectivity index (χ4v) is 4.43. The van der Waals surface area contributed by atoms with Gasteiger partial charge in [0.25, 0.3) is 0 Å². The average Bonchev–Trinajstić information content (AvgIpc) is 2.80. The maximum atomic E-state index is 14.2. The van der Waals surface area contributed by atoms with Crippen LogP contribution >= 0.6 is 0 Å². The van der Waals surface area contributed by atoms with Gasteiger partial charge in [0.2, 0.25) is 21.8 Å². The summed E-state index contributed by atoms with van der Waals surface area (Å²) >= 11 is 0. The average molecular weight is 494 g/mol. The van der Waals surface area contributed by atoms with Crippen molar-refractivity contribution in [2.45, 2.75) is 39.3 Å². The quantitative estimate of drug-likeness (QED) is 0.491. The minimum absolute atomic E-state index is 0.0135. The molecule has 0 saturated heterocycles. The molecule has 0 radical (unpaired) electrons. The van der Waals surface area contributed by atoms with E-state index in [9.17, 15) is 22.4 Å². The van der Waals surface area contributed by atoms with E-state index in [1.165, 1.54) is 22.4 Å². The van der Waals surface area contributed by atoms with Crippen LogP contribution in [-0.4, -0.2) is 57.6 Å². The summed E-state index contributed by atoms with van der Waals surface area (Å²) in [4.78, 5) is 26.8. The highest BCUT2D eigenvalue weighted by Gasteiger charge is 2.27. The second-order valence-corrected chi connectivity index (χ2v) is 9.73. The zero-order valence-electron chi connectivity index (χ0n) is 20.0. The van der Waals surface area contributed by atoms with Gasteiger partial charge in [0.1, 0.15) is 17.6 Å². The fraction of sp³-hybridized carbons (Fsp3) is 0.417. The van der Waals surface area contributed by atoms with Gasteiger partial charge in [-0.15, -0.1) is 0 Å². The Hall–Kier alpha value is -3.14. The first-order valence-corrected chi connectivity index (χ1v) is 12.9. The Balaban J connectivity index is 2.15. The summed E-state index contributed by atoms with van der Waals surface area (Å²) < 4.78 is 45.3. The zero-order chi connectivity index (χ0) is 25.3. The molecule has 1 atom stereocenters. The summed E-state index contributed by atoms with van der Waals surface area (Å²) in [7, 11) is -2.08. The fourth-order valence-electron chi connectivity index (χ4n) is 3.47. The monoisotopic (exact) mass is 493 g/mol. The van der Waals surface area contributed by atoms with Crippen molar-refractivity contribution in [2.24, 2.45) is 0 Å². The van der Waals surface area contributed by atoms with Crippen LogP contribution < -0.4 is 14.4 Å². The molecule has 0 aliphatic heterocycles. The van der Waals surface area contributed by atoms with Gasteiger partial charge in [-0.1, -0.05) is 18.2 Å². The number of nitrogens with zero attached hydrogens (tertiary/aromatic N) is 2. The Morgan fingerprint density at radius 3 is 2.32 bits per heavy atom. The molecule has 0 aliphatic carbocycles. The van der Waals surface area contributed by atoms with E-state index in [0.717, 1.165) is 6.26 Å². The number of amides is 2. The molecule has 8 nitrogen and oxygen atoms in total. The Kier molecular flexibility index (Phi) is 9.85. The molecule has 0 saturated carbocycles. The van der Waals surface area contributed by atoms with Crippen molar-refractivity contribution >= 4 is 27.5 Å². The van der Waals surface area contributed by atoms with Gasteiger partial charge in [-0.3, -0.25) is 13.9 Å². The molecule has 10 heteroatoms. The van der Waals surface area contributed by atoms with E-state index in [2.05, 4.69) is 5.32 Å². The summed E-state index contributed by atoms with van der Waals surface area (Å²) in [5, 5.41) is 2.68. The number of rotatable bonds is 12. The number of nitrogens with one attached hydrogen (secondary N) is 1. The molecule has 0 spiro atoms. The topological polar surface area (TPSA) is 96.0 Å². The number of methoxy groups -OCH3 is 1. The largest absolute Gasteiger partial charge is 0.497 e. The van der Waals surface area contributed by atoms with Crippen molar-refractivity contribution in [2.75, 3.05) is 30.8 Å². The van der Waals surface area contributed by atoms with Crippen LogP contribution in [0.4, 0.5) is 10.1 Å². The second kappa shape index (κ2) is 12.4. The van der Waals surface area contributed by atoms with E-state index in [1.807, 2.05) is 0 Å². The van der Waals surface area contributed by atoms with Crippen LogP contribution in [0.15, 0.2) is 48.5 Å². The Labute approximate surface area is 200 Å². The van der Waals surface area contributed by atoms with Gasteiger partial charge in [0.15, 0.2) is 0 Å². The van der Waals surface area contributed by atoms with Gasteiger partial charge in [-0.05, 0) is 50.6 Å². The van der Waals surface area contributed by atoms with E-state index in [1.54, 1.807) is 56.3 Å². The standard InChI is InChI=1S/C24H32FN3O5S/c1-5-26-24(30)18(2)27(17-19-9-6-7-10-22(19)25)23(29)11-8-16-28(34(4,31)32)20-12-14-21(33-3)15-13-20/h6-7,9-10,12-15,18H,5,8,11,16-17H2,1-4H3,(H,26,30). The number of hydrogen-bond donors (Lipinski definition) is 1. The Morgan fingerprint density at radius 1 is 1.12 bits per heavy atom. The Bertz CT molecular complexity index is 1080. The normalized spacial score (nSPS) is 12.0. The Morgan fingerprint density at radius 2 is 1.76 bits per heavy atom. The van der Waals surface area contributed by atoms with Crippen LogP contribution in [0.5, 0.6) is 5.75 Å². The molecule has 2 rings (SSSR count). The number of benzene rings is 2. The summed E-state index contributed by atoms with van der Waals surface area (Å²) in [5.41, 5.74) is 0.748. The predicted octanol–water partition coefficient (Wildman–Crippen LogP) is 2.93. The van der Waals surface area contributed by atoms with Crippen molar-refractivity contribution in [3.05, 3.63) is 59.9 Å². The lowest BCUT2D eigenvalue weighted by Crippen LogP contribution is -2.47. The van der Waals surface area contributed by atoms with Crippen molar-refractivity contribution in [3.63, 3.8) is 0 Å². The molecule has 0 heterocycles. The molecule has 2 amide bonds. The van der Waals surface area contributed by atoms with Crippen molar-refractivity contribution in [1.82, 2.24) is 10.2 Å². The van der Waals surface area contributed by atoms with E-state index < -0.39 is 21.9 Å². The number of halogens is 1. The second-order valence-electron chi connectivity index (χ2n) is 7.82. The molecule has 0 bridgehead atoms. The third-order valence-corrected chi connectivity index (χ3v) is 6.52. The summed E-state index contributed by atoms with van der Waals surface area (Å²) in [5.74, 6) is -0.588. The number of likely N-dealkylation sites (N-methyl/N-ethyl adjacent to an activating group) is 1. The van der Waals surface area contributed by atoms with Crippen molar-refractivity contribution in [3.8, 4) is 5.75 Å². The highest BCUT2D eigenvalue weighted by molar-refractivity contribution is 7.92. The number of sulfonamides is 1.